The minimum Gasteiger partial charge on any atom is -0.372 e. The van der Waals surface area contributed by atoms with Gasteiger partial charge < -0.3 is 4.90 Å². The highest BCUT2D eigenvalue weighted by atomic mass is 15.1. The molecule has 0 saturated heterocycles. The van der Waals surface area contributed by atoms with Crippen molar-refractivity contribution in [3.63, 3.8) is 0 Å². The SMILES string of the molecule is C=C(C1=CC=C(C)C=C=C1)N(CCC)CCCC. The Kier molecular flexibility index (Phi) is 6.32. The number of nitrogens with zero attached hydrogens (tertiary/aromatic N) is 1. The summed E-state index contributed by atoms with van der Waals surface area (Å²) in [4.78, 5) is 2.39. The van der Waals surface area contributed by atoms with Crippen LogP contribution < -0.4 is 0 Å². The lowest BCUT2D eigenvalue weighted by Crippen LogP contribution is -2.25. The van der Waals surface area contributed by atoms with E-state index in [0.29, 0.717) is 0 Å². The molecule has 0 atom stereocenters. The molecule has 0 fully saturated rings. The summed E-state index contributed by atoms with van der Waals surface area (Å²) >= 11 is 0. The molecule has 0 heterocycles. The molecule has 1 nitrogen and oxygen atoms in total. The molecule has 1 aliphatic rings. The lowest BCUT2D eigenvalue weighted by molar-refractivity contribution is 0.346. The Morgan fingerprint density at radius 2 is 1.94 bits per heavy atom. The predicted octanol–water partition coefficient (Wildman–Crippen LogP) is 4.61. The first kappa shape index (κ1) is 14.6. The van der Waals surface area contributed by atoms with Crippen LogP contribution in [0.4, 0.5) is 0 Å². The topological polar surface area (TPSA) is 3.24 Å². The second kappa shape index (κ2) is 7.79. The average Bonchev–Trinajstić information content (AvgIpc) is 2.58. The fourth-order valence-corrected chi connectivity index (χ4v) is 1.94. The Bertz CT molecular complexity index is 403. The molecule has 98 valence electrons. The standard InChI is InChI=1S/C17H25N/c1-5-7-14-18(13-6-2)16(4)17-10-8-9-15(3)11-12-17/h9-12H,4-7,13-14H2,1-3H3. The zero-order valence-electron chi connectivity index (χ0n) is 12.0. The Morgan fingerprint density at radius 3 is 2.61 bits per heavy atom. The molecule has 0 aromatic heterocycles. The zero-order chi connectivity index (χ0) is 13.4. The second-order valence-corrected chi connectivity index (χ2v) is 4.78. The van der Waals surface area contributed by atoms with E-state index in [-0.39, 0.29) is 0 Å². The van der Waals surface area contributed by atoms with Gasteiger partial charge in [0.25, 0.3) is 0 Å². The molecular weight excluding hydrogens is 218 g/mol. The highest BCUT2D eigenvalue weighted by molar-refractivity contribution is 5.43. The lowest BCUT2D eigenvalue weighted by atomic mass is 10.1. The van der Waals surface area contributed by atoms with Gasteiger partial charge in [-0.1, -0.05) is 39.0 Å². The van der Waals surface area contributed by atoms with Crippen LogP contribution in [0.15, 0.2) is 53.5 Å². The van der Waals surface area contributed by atoms with Gasteiger partial charge in [-0.15, -0.1) is 5.73 Å². The van der Waals surface area contributed by atoms with Crippen LogP contribution in [0.5, 0.6) is 0 Å². The molecule has 18 heavy (non-hydrogen) atoms. The number of hydrogen-bond acceptors (Lipinski definition) is 1. The molecular formula is C17H25N. The fourth-order valence-electron chi connectivity index (χ4n) is 1.94. The molecule has 0 amide bonds. The average molecular weight is 243 g/mol. The van der Waals surface area contributed by atoms with Crippen molar-refractivity contribution in [3.05, 3.63) is 53.5 Å². The smallest absolute Gasteiger partial charge is 0.0373 e. The molecule has 0 aromatic carbocycles. The van der Waals surface area contributed by atoms with Crippen LogP contribution in [0, 0.1) is 0 Å². The quantitative estimate of drug-likeness (QED) is 0.590. The van der Waals surface area contributed by atoms with Gasteiger partial charge in [0.15, 0.2) is 0 Å². The van der Waals surface area contributed by atoms with Gasteiger partial charge in [0.2, 0.25) is 0 Å². The van der Waals surface area contributed by atoms with Crippen LogP contribution in [0.25, 0.3) is 0 Å². The Labute approximate surface area is 112 Å². The maximum absolute atomic E-state index is 4.26. The van der Waals surface area contributed by atoms with Gasteiger partial charge in [-0.3, -0.25) is 0 Å². The summed E-state index contributed by atoms with van der Waals surface area (Å²) in [7, 11) is 0. The van der Waals surface area contributed by atoms with Gasteiger partial charge >= 0.3 is 0 Å². The molecule has 0 unspecified atom stereocenters. The molecule has 0 aliphatic heterocycles. The van der Waals surface area contributed by atoms with Crippen LogP contribution in [0.2, 0.25) is 0 Å². The monoisotopic (exact) mass is 243 g/mol. The molecule has 1 heteroatoms. The van der Waals surface area contributed by atoms with Crippen LogP contribution in [0.1, 0.15) is 40.0 Å². The zero-order valence-corrected chi connectivity index (χ0v) is 12.0. The van der Waals surface area contributed by atoms with E-state index in [9.17, 15) is 0 Å². The molecule has 0 aromatic rings. The summed E-state index contributed by atoms with van der Waals surface area (Å²) in [6.07, 6.45) is 11.9. The summed E-state index contributed by atoms with van der Waals surface area (Å²) in [6, 6.07) is 0. The lowest BCUT2D eigenvalue weighted by Gasteiger charge is -2.26. The summed E-state index contributed by atoms with van der Waals surface area (Å²) in [5, 5.41) is 0. The normalized spacial score (nSPS) is 13.9. The van der Waals surface area contributed by atoms with Crippen LogP contribution in [-0.4, -0.2) is 18.0 Å². The number of allylic oxidation sites excluding steroid dienone is 4. The minimum absolute atomic E-state index is 1.08. The van der Waals surface area contributed by atoms with Crippen molar-refractivity contribution >= 4 is 0 Å². The van der Waals surface area contributed by atoms with Gasteiger partial charge in [-0.25, -0.2) is 0 Å². The van der Waals surface area contributed by atoms with E-state index in [1.54, 1.807) is 0 Å². The van der Waals surface area contributed by atoms with E-state index >= 15 is 0 Å². The van der Waals surface area contributed by atoms with Crippen molar-refractivity contribution in [3.8, 4) is 0 Å². The summed E-state index contributed by atoms with van der Waals surface area (Å²) in [5.74, 6) is 0. The third-order valence-corrected chi connectivity index (χ3v) is 3.07. The highest BCUT2D eigenvalue weighted by Gasteiger charge is 2.09. The second-order valence-electron chi connectivity index (χ2n) is 4.78. The molecule has 0 N–H and O–H groups in total. The Morgan fingerprint density at radius 1 is 1.17 bits per heavy atom. The Hall–Kier alpha value is -1.46. The molecule has 0 saturated carbocycles. The van der Waals surface area contributed by atoms with Crippen molar-refractivity contribution in [1.82, 2.24) is 4.90 Å². The molecule has 0 radical (unpaired) electrons. The first-order valence-corrected chi connectivity index (χ1v) is 6.94. The van der Waals surface area contributed by atoms with Crippen molar-refractivity contribution in [2.24, 2.45) is 0 Å². The van der Waals surface area contributed by atoms with Gasteiger partial charge in [0, 0.05) is 24.4 Å². The van der Waals surface area contributed by atoms with Gasteiger partial charge in [0.1, 0.15) is 0 Å². The maximum atomic E-state index is 4.26. The van der Waals surface area contributed by atoms with E-state index < -0.39 is 0 Å². The number of rotatable bonds is 7. The van der Waals surface area contributed by atoms with Crippen molar-refractivity contribution in [2.45, 2.75) is 40.0 Å². The van der Waals surface area contributed by atoms with Crippen molar-refractivity contribution in [1.29, 1.82) is 0 Å². The molecule has 1 aliphatic carbocycles. The molecule has 0 spiro atoms. The van der Waals surface area contributed by atoms with Crippen LogP contribution >= 0.6 is 0 Å². The summed E-state index contributed by atoms with van der Waals surface area (Å²) in [5.41, 5.74) is 6.73. The van der Waals surface area contributed by atoms with E-state index in [0.717, 1.165) is 25.2 Å². The van der Waals surface area contributed by atoms with E-state index in [2.05, 4.69) is 50.1 Å². The highest BCUT2D eigenvalue weighted by Crippen LogP contribution is 2.18. The minimum atomic E-state index is 1.08. The predicted molar refractivity (Wildman–Crippen MR) is 80.4 cm³/mol. The van der Waals surface area contributed by atoms with Crippen molar-refractivity contribution in [2.75, 3.05) is 13.1 Å². The third-order valence-electron chi connectivity index (χ3n) is 3.07. The largest absolute Gasteiger partial charge is 0.372 e. The summed E-state index contributed by atoms with van der Waals surface area (Å²) in [6.45, 7) is 13.0. The molecule has 0 bridgehead atoms. The third kappa shape index (κ3) is 4.43. The first-order valence-electron chi connectivity index (χ1n) is 6.94. The van der Waals surface area contributed by atoms with Crippen LogP contribution in [0.3, 0.4) is 0 Å². The number of unbranched alkanes of at least 4 members (excludes halogenated alkanes) is 1. The Balaban J connectivity index is 2.79. The van der Waals surface area contributed by atoms with E-state index in [1.807, 2.05) is 12.2 Å². The molecule has 1 rings (SSSR count). The van der Waals surface area contributed by atoms with Gasteiger partial charge in [-0.05, 0) is 37.5 Å². The maximum Gasteiger partial charge on any atom is 0.0373 e. The van der Waals surface area contributed by atoms with E-state index in [1.165, 1.54) is 24.0 Å². The van der Waals surface area contributed by atoms with E-state index in [4.69, 9.17) is 0 Å². The first-order chi connectivity index (χ1) is 8.69. The summed E-state index contributed by atoms with van der Waals surface area (Å²) < 4.78 is 0. The van der Waals surface area contributed by atoms with Crippen LogP contribution in [-0.2, 0) is 0 Å². The fraction of sp³-hybridized carbons (Fsp3) is 0.471. The van der Waals surface area contributed by atoms with Crippen molar-refractivity contribution < 1.29 is 0 Å². The van der Waals surface area contributed by atoms with Gasteiger partial charge in [0.05, 0.1) is 0 Å². The number of hydrogen-bond donors (Lipinski definition) is 0. The van der Waals surface area contributed by atoms with Gasteiger partial charge in [-0.2, -0.15) is 0 Å².